The van der Waals surface area contributed by atoms with Gasteiger partial charge in [-0.1, -0.05) is 44.2 Å². The lowest BCUT2D eigenvalue weighted by molar-refractivity contribution is 0.0626. The van der Waals surface area contributed by atoms with Crippen LogP contribution < -0.4 is 0 Å². The summed E-state index contributed by atoms with van der Waals surface area (Å²) < 4.78 is 5.10. The summed E-state index contributed by atoms with van der Waals surface area (Å²) in [5.74, 6) is -1.54. The number of carboxylic acid groups (broad SMARTS) is 1. The molecule has 1 N–H and O–H groups in total. The molecule has 1 amide bonds. The minimum atomic E-state index is -1.19. The van der Waals surface area contributed by atoms with Crippen molar-refractivity contribution in [3.63, 3.8) is 0 Å². The van der Waals surface area contributed by atoms with Crippen molar-refractivity contribution < 1.29 is 19.1 Å². The molecule has 116 valence electrons. The van der Waals surface area contributed by atoms with Crippen molar-refractivity contribution in [3.05, 3.63) is 59.5 Å². The smallest absolute Gasteiger partial charge is 0.371 e. The van der Waals surface area contributed by atoms with E-state index in [1.54, 1.807) is 11.9 Å². The van der Waals surface area contributed by atoms with Gasteiger partial charge in [-0.3, -0.25) is 4.79 Å². The third-order valence-electron chi connectivity index (χ3n) is 3.54. The fourth-order valence-corrected chi connectivity index (χ4v) is 2.57. The molecule has 5 nitrogen and oxygen atoms in total. The van der Waals surface area contributed by atoms with E-state index in [0.29, 0.717) is 0 Å². The second-order valence-electron chi connectivity index (χ2n) is 5.48. The molecular weight excluding hydrogens is 282 g/mol. The van der Waals surface area contributed by atoms with Crippen LogP contribution in [0, 0.1) is 5.92 Å². The van der Waals surface area contributed by atoms with Crippen molar-refractivity contribution in [2.75, 3.05) is 7.05 Å². The second kappa shape index (κ2) is 6.47. The Balaban J connectivity index is 2.28. The molecule has 0 saturated heterocycles. The molecule has 0 fully saturated rings. The van der Waals surface area contributed by atoms with Gasteiger partial charge in [0, 0.05) is 7.05 Å². The Morgan fingerprint density at radius 3 is 2.14 bits per heavy atom. The first-order chi connectivity index (χ1) is 10.4. The molecule has 2 rings (SSSR count). The summed E-state index contributed by atoms with van der Waals surface area (Å²) in [4.78, 5) is 25.0. The molecule has 0 radical (unpaired) electrons. The molecule has 0 bridgehead atoms. The molecule has 0 aliphatic heterocycles. The fraction of sp³-hybridized carbons (Fsp3) is 0.294. The van der Waals surface area contributed by atoms with E-state index in [1.165, 1.54) is 12.1 Å². The summed E-state index contributed by atoms with van der Waals surface area (Å²) in [5.41, 5.74) is 1.03. The summed E-state index contributed by atoms with van der Waals surface area (Å²) in [6, 6.07) is 12.3. The zero-order valence-corrected chi connectivity index (χ0v) is 12.8. The SMILES string of the molecule is CC(C)C(c1ccccc1)N(C)C(=O)c1ccc(C(=O)O)o1. The summed E-state index contributed by atoms with van der Waals surface area (Å²) in [6.07, 6.45) is 0. The molecule has 22 heavy (non-hydrogen) atoms. The Morgan fingerprint density at radius 2 is 1.64 bits per heavy atom. The largest absolute Gasteiger partial charge is 0.475 e. The normalized spacial score (nSPS) is 12.2. The first-order valence-corrected chi connectivity index (χ1v) is 7.07. The highest BCUT2D eigenvalue weighted by Gasteiger charge is 2.27. The number of aromatic carboxylic acids is 1. The van der Waals surface area contributed by atoms with Crippen molar-refractivity contribution in [2.45, 2.75) is 19.9 Å². The maximum Gasteiger partial charge on any atom is 0.371 e. The zero-order chi connectivity index (χ0) is 16.3. The number of nitrogens with zero attached hydrogens (tertiary/aromatic N) is 1. The van der Waals surface area contributed by atoms with Gasteiger partial charge in [0.05, 0.1) is 6.04 Å². The molecule has 0 aliphatic carbocycles. The summed E-state index contributed by atoms with van der Waals surface area (Å²) in [7, 11) is 1.70. The Morgan fingerprint density at radius 1 is 1.05 bits per heavy atom. The van der Waals surface area contributed by atoms with E-state index in [1.807, 2.05) is 44.2 Å². The highest BCUT2D eigenvalue weighted by Crippen LogP contribution is 2.28. The number of carbonyl (C=O) groups is 2. The van der Waals surface area contributed by atoms with Gasteiger partial charge in [0.2, 0.25) is 5.76 Å². The molecule has 1 aromatic heterocycles. The van der Waals surface area contributed by atoms with Crippen LogP contribution in [0.4, 0.5) is 0 Å². The first-order valence-electron chi connectivity index (χ1n) is 7.07. The number of carbonyl (C=O) groups excluding carboxylic acids is 1. The molecule has 5 heteroatoms. The molecule has 1 unspecified atom stereocenters. The standard InChI is InChI=1S/C17H19NO4/c1-11(2)15(12-7-5-4-6-8-12)18(3)16(19)13-9-10-14(22-13)17(20)21/h4-11,15H,1-3H3,(H,20,21). The van der Waals surface area contributed by atoms with Crippen LogP contribution in [0.2, 0.25) is 0 Å². The lowest BCUT2D eigenvalue weighted by atomic mass is 9.94. The number of furan rings is 1. The Kier molecular flexibility index (Phi) is 4.65. The lowest BCUT2D eigenvalue weighted by Gasteiger charge is -2.31. The second-order valence-corrected chi connectivity index (χ2v) is 5.48. The monoisotopic (exact) mass is 301 g/mol. The predicted octanol–water partition coefficient (Wildman–Crippen LogP) is 3.45. The van der Waals surface area contributed by atoms with Gasteiger partial charge in [-0.15, -0.1) is 0 Å². The van der Waals surface area contributed by atoms with Gasteiger partial charge in [-0.05, 0) is 23.6 Å². The van der Waals surface area contributed by atoms with Crippen LogP contribution in [0.1, 0.15) is 46.6 Å². The quantitative estimate of drug-likeness (QED) is 0.918. The van der Waals surface area contributed by atoms with Crippen LogP contribution in [-0.2, 0) is 0 Å². The van der Waals surface area contributed by atoms with Gasteiger partial charge in [0.15, 0.2) is 5.76 Å². The van der Waals surface area contributed by atoms with Gasteiger partial charge in [-0.25, -0.2) is 4.79 Å². The minimum Gasteiger partial charge on any atom is -0.475 e. The van der Waals surface area contributed by atoms with E-state index < -0.39 is 5.97 Å². The highest BCUT2D eigenvalue weighted by atomic mass is 16.4. The maximum absolute atomic E-state index is 12.5. The van der Waals surface area contributed by atoms with Crippen LogP contribution in [0.15, 0.2) is 46.9 Å². The number of amides is 1. The summed E-state index contributed by atoms with van der Waals surface area (Å²) >= 11 is 0. The maximum atomic E-state index is 12.5. The minimum absolute atomic E-state index is 0.0291. The summed E-state index contributed by atoms with van der Waals surface area (Å²) in [6.45, 7) is 4.07. The molecule has 0 spiro atoms. The summed E-state index contributed by atoms with van der Waals surface area (Å²) in [5, 5.41) is 8.88. The number of benzene rings is 1. The fourth-order valence-electron chi connectivity index (χ4n) is 2.57. The van der Waals surface area contributed by atoms with Crippen LogP contribution in [0.3, 0.4) is 0 Å². The van der Waals surface area contributed by atoms with E-state index in [2.05, 4.69) is 0 Å². The molecule has 1 heterocycles. The van der Waals surface area contributed by atoms with Gasteiger partial charge < -0.3 is 14.4 Å². The Labute approximate surface area is 129 Å². The topological polar surface area (TPSA) is 70.8 Å². The van der Waals surface area contributed by atoms with Crippen LogP contribution in [0.5, 0.6) is 0 Å². The molecular formula is C17H19NO4. The molecule has 0 aliphatic rings. The van der Waals surface area contributed by atoms with Gasteiger partial charge in [-0.2, -0.15) is 0 Å². The van der Waals surface area contributed by atoms with E-state index in [4.69, 9.17) is 9.52 Å². The van der Waals surface area contributed by atoms with Gasteiger partial charge in [0.25, 0.3) is 5.91 Å². The van der Waals surface area contributed by atoms with E-state index in [-0.39, 0.29) is 29.4 Å². The third-order valence-corrected chi connectivity index (χ3v) is 3.54. The van der Waals surface area contributed by atoms with Crippen molar-refractivity contribution in [2.24, 2.45) is 5.92 Å². The third kappa shape index (κ3) is 3.19. The van der Waals surface area contributed by atoms with Crippen molar-refractivity contribution in [1.82, 2.24) is 4.90 Å². The Bertz CT molecular complexity index is 660. The molecule has 2 aromatic rings. The van der Waals surface area contributed by atoms with Gasteiger partial charge >= 0.3 is 5.97 Å². The molecule has 1 atom stereocenters. The number of hydrogen-bond acceptors (Lipinski definition) is 3. The average molecular weight is 301 g/mol. The number of rotatable bonds is 5. The lowest BCUT2D eigenvalue weighted by Crippen LogP contribution is -2.33. The van der Waals surface area contributed by atoms with Crippen molar-refractivity contribution >= 4 is 11.9 Å². The van der Waals surface area contributed by atoms with Crippen LogP contribution >= 0.6 is 0 Å². The average Bonchev–Trinajstić information content (AvgIpc) is 2.97. The van der Waals surface area contributed by atoms with Gasteiger partial charge in [0.1, 0.15) is 0 Å². The number of hydrogen-bond donors (Lipinski definition) is 1. The predicted molar refractivity (Wildman–Crippen MR) is 81.8 cm³/mol. The van der Waals surface area contributed by atoms with E-state index in [0.717, 1.165) is 5.56 Å². The molecule has 1 aromatic carbocycles. The highest BCUT2D eigenvalue weighted by molar-refractivity contribution is 5.93. The Hall–Kier alpha value is -2.56. The van der Waals surface area contributed by atoms with Crippen LogP contribution in [-0.4, -0.2) is 28.9 Å². The van der Waals surface area contributed by atoms with E-state index >= 15 is 0 Å². The zero-order valence-electron chi connectivity index (χ0n) is 12.8. The van der Waals surface area contributed by atoms with Crippen molar-refractivity contribution in [3.8, 4) is 0 Å². The van der Waals surface area contributed by atoms with Crippen LogP contribution in [0.25, 0.3) is 0 Å². The van der Waals surface area contributed by atoms with Crippen molar-refractivity contribution in [1.29, 1.82) is 0 Å². The first kappa shape index (κ1) is 15.8. The molecule has 0 saturated carbocycles. The van der Waals surface area contributed by atoms with E-state index in [9.17, 15) is 9.59 Å². The number of carboxylic acids is 1.